The van der Waals surface area contributed by atoms with E-state index in [-0.39, 0.29) is 0 Å². The van der Waals surface area contributed by atoms with Crippen LogP contribution in [0, 0.1) is 0 Å². The second-order valence-electron chi connectivity index (χ2n) is 3.99. The van der Waals surface area contributed by atoms with Crippen molar-refractivity contribution in [3.05, 3.63) is 18.3 Å². The topological polar surface area (TPSA) is 60.0 Å². The lowest BCUT2D eigenvalue weighted by molar-refractivity contribution is 0.292. The number of nitrogens with two attached hydrogens (primary N) is 1. The molecule has 0 aromatic carbocycles. The van der Waals surface area contributed by atoms with Crippen molar-refractivity contribution in [3.63, 3.8) is 0 Å². The number of nitrogen functional groups attached to an aromatic ring is 1. The lowest BCUT2D eigenvalue weighted by atomic mass is 10.4. The standard InChI is InChI=1S/C12H19N5/c1-3-16(4-2)8-9-17-11-10(15-12(17)13)6-5-7-14-11/h5-7H,3-4,8-9H2,1-2H3,(H2,13,15). The summed E-state index contributed by atoms with van der Waals surface area (Å²) < 4.78 is 1.98. The monoisotopic (exact) mass is 233 g/mol. The third-order valence-corrected chi connectivity index (χ3v) is 3.07. The van der Waals surface area contributed by atoms with Crippen LogP contribution in [0.15, 0.2) is 18.3 Å². The molecule has 5 nitrogen and oxygen atoms in total. The number of pyridine rings is 1. The summed E-state index contributed by atoms with van der Waals surface area (Å²) in [6, 6.07) is 3.82. The lowest BCUT2D eigenvalue weighted by Gasteiger charge is -2.18. The second kappa shape index (κ2) is 5.14. The molecule has 0 atom stereocenters. The molecule has 17 heavy (non-hydrogen) atoms. The van der Waals surface area contributed by atoms with Crippen LogP contribution in [-0.2, 0) is 6.54 Å². The van der Waals surface area contributed by atoms with Crippen molar-refractivity contribution < 1.29 is 0 Å². The van der Waals surface area contributed by atoms with Gasteiger partial charge in [-0.15, -0.1) is 0 Å². The van der Waals surface area contributed by atoms with E-state index in [1.165, 1.54) is 0 Å². The van der Waals surface area contributed by atoms with Gasteiger partial charge in [-0.25, -0.2) is 9.97 Å². The highest BCUT2D eigenvalue weighted by atomic mass is 15.2. The average Bonchev–Trinajstić information content (AvgIpc) is 2.67. The highest BCUT2D eigenvalue weighted by molar-refractivity contribution is 5.73. The summed E-state index contributed by atoms with van der Waals surface area (Å²) in [7, 11) is 0. The third kappa shape index (κ3) is 2.39. The third-order valence-electron chi connectivity index (χ3n) is 3.07. The number of rotatable bonds is 5. The Hall–Kier alpha value is -1.62. The van der Waals surface area contributed by atoms with Crippen molar-refractivity contribution in [3.8, 4) is 0 Å². The zero-order valence-electron chi connectivity index (χ0n) is 10.4. The van der Waals surface area contributed by atoms with E-state index in [1.807, 2.05) is 16.7 Å². The minimum Gasteiger partial charge on any atom is -0.369 e. The van der Waals surface area contributed by atoms with Crippen LogP contribution in [0.25, 0.3) is 11.2 Å². The fourth-order valence-electron chi connectivity index (χ4n) is 1.98. The first-order valence-corrected chi connectivity index (χ1v) is 6.05. The summed E-state index contributed by atoms with van der Waals surface area (Å²) in [6.45, 7) is 8.24. The van der Waals surface area contributed by atoms with Gasteiger partial charge in [-0.1, -0.05) is 13.8 Å². The van der Waals surface area contributed by atoms with Gasteiger partial charge in [0.2, 0.25) is 5.95 Å². The zero-order chi connectivity index (χ0) is 12.3. The van der Waals surface area contributed by atoms with Gasteiger partial charge < -0.3 is 10.6 Å². The quantitative estimate of drug-likeness (QED) is 0.847. The second-order valence-corrected chi connectivity index (χ2v) is 3.99. The van der Waals surface area contributed by atoms with Crippen LogP contribution in [-0.4, -0.2) is 39.1 Å². The van der Waals surface area contributed by atoms with E-state index in [0.717, 1.165) is 37.3 Å². The Morgan fingerprint density at radius 2 is 2.12 bits per heavy atom. The SMILES string of the molecule is CCN(CC)CCn1c(N)nc2cccnc21. The van der Waals surface area contributed by atoms with Crippen molar-refractivity contribution in [2.24, 2.45) is 0 Å². The molecule has 0 saturated carbocycles. The Morgan fingerprint density at radius 1 is 1.35 bits per heavy atom. The molecular formula is C12H19N5. The smallest absolute Gasteiger partial charge is 0.202 e. The van der Waals surface area contributed by atoms with Crippen LogP contribution in [0.2, 0.25) is 0 Å². The van der Waals surface area contributed by atoms with Crippen LogP contribution >= 0.6 is 0 Å². The molecule has 0 amide bonds. The minimum absolute atomic E-state index is 0.547. The largest absolute Gasteiger partial charge is 0.369 e. The van der Waals surface area contributed by atoms with E-state index >= 15 is 0 Å². The highest BCUT2D eigenvalue weighted by Gasteiger charge is 2.09. The van der Waals surface area contributed by atoms with Crippen LogP contribution in [0.5, 0.6) is 0 Å². The fraction of sp³-hybridized carbons (Fsp3) is 0.500. The Kier molecular flexibility index (Phi) is 3.58. The molecule has 0 bridgehead atoms. The lowest BCUT2D eigenvalue weighted by Crippen LogP contribution is -2.27. The Balaban J connectivity index is 2.20. The van der Waals surface area contributed by atoms with Gasteiger partial charge in [-0.2, -0.15) is 0 Å². The Labute approximate surface area is 101 Å². The van der Waals surface area contributed by atoms with Crippen molar-refractivity contribution in [1.82, 2.24) is 19.4 Å². The molecule has 2 rings (SSSR count). The maximum atomic E-state index is 5.92. The maximum absolute atomic E-state index is 5.92. The molecule has 0 aliphatic heterocycles. The molecule has 0 saturated heterocycles. The minimum atomic E-state index is 0.547. The van der Waals surface area contributed by atoms with Gasteiger partial charge in [0.05, 0.1) is 0 Å². The predicted octanol–water partition coefficient (Wildman–Crippen LogP) is 1.36. The van der Waals surface area contributed by atoms with Gasteiger partial charge in [0, 0.05) is 19.3 Å². The van der Waals surface area contributed by atoms with Gasteiger partial charge in [-0.05, 0) is 25.2 Å². The van der Waals surface area contributed by atoms with E-state index in [0.29, 0.717) is 5.95 Å². The van der Waals surface area contributed by atoms with Gasteiger partial charge >= 0.3 is 0 Å². The first-order chi connectivity index (χ1) is 8.26. The number of aromatic nitrogens is 3. The predicted molar refractivity (Wildman–Crippen MR) is 69.7 cm³/mol. The maximum Gasteiger partial charge on any atom is 0.202 e. The van der Waals surface area contributed by atoms with E-state index in [2.05, 4.69) is 28.7 Å². The Bertz CT molecular complexity index is 487. The normalized spacial score (nSPS) is 11.5. The Morgan fingerprint density at radius 3 is 2.82 bits per heavy atom. The molecule has 2 aromatic heterocycles. The molecule has 2 aromatic rings. The van der Waals surface area contributed by atoms with Crippen LogP contribution in [0.4, 0.5) is 5.95 Å². The molecular weight excluding hydrogens is 214 g/mol. The molecule has 0 aliphatic rings. The van der Waals surface area contributed by atoms with E-state index in [1.54, 1.807) is 6.20 Å². The summed E-state index contributed by atoms with van der Waals surface area (Å²) in [5.74, 6) is 0.547. The molecule has 5 heteroatoms. The van der Waals surface area contributed by atoms with Crippen molar-refractivity contribution >= 4 is 17.1 Å². The number of likely N-dealkylation sites (N-methyl/N-ethyl adjacent to an activating group) is 1. The summed E-state index contributed by atoms with van der Waals surface area (Å²) in [4.78, 5) is 11.0. The highest BCUT2D eigenvalue weighted by Crippen LogP contribution is 2.14. The van der Waals surface area contributed by atoms with Crippen molar-refractivity contribution in [2.45, 2.75) is 20.4 Å². The zero-order valence-corrected chi connectivity index (χ0v) is 10.4. The number of hydrogen-bond donors (Lipinski definition) is 1. The van der Waals surface area contributed by atoms with E-state index < -0.39 is 0 Å². The number of fused-ring (bicyclic) bond motifs is 1. The molecule has 2 heterocycles. The molecule has 0 unspecified atom stereocenters. The molecule has 2 N–H and O–H groups in total. The van der Waals surface area contributed by atoms with Crippen LogP contribution < -0.4 is 5.73 Å². The number of nitrogens with zero attached hydrogens (tertiary/aromatic N) is 4. The van der Waals surface area contributed by atoms with Gasteiger partial charge in [-0.3, -0.25) is 4.57 Å². The molecule has 92 valence electrons. The van der Waals surface area contributed by atoms with Gasteiger partial charge in [0.1, 0.15) is 5.52 Å². The van der Waals surface area contributed by atoms with E-state index in [4.69, 9.17) is 5.73 Å². The average molecular weight is 233 g/mol. The molecule has 0 radical (unpaired) electrons. The number of hydrogen-bond acceptors (Lipinski definition) is 4. The van der Waals surface area contributed by atoms with Gasteiger partial charge in [0.15, 0.2) is 5.65 Å². The number of imidazole rings is 1. The molecule has 0 aliphatic carbocycles. The summed E-state index contributed by atoms with van der Waals surface area (Å²) in [6.07, 6.45) is 1.78. The van der Waals surface area contributed by atoms with Crippen molar-refractivity contribution in [1.29, 1.82) is 0 Å². The van der Waals surface area contributed by atoms with Gasteiger partial charge in [0.25, 0.3) is 0 Å². The van der Waals surface area contributed by atoms with E-state index in [9.17, 15) is 0 Å². The van der Waals surface area contributed by atoms with Crippen LogP contribution in [0.3, 0.4) is 0 Å². The fourth-order valence-corrected chi connectivity index (χ4v) is 1.98. The van der Waals surface area contributed by atoms with Crippen molar-refractivity contribution in [2.75, 3.05) is 25.4 Å². The summed E-state index contributed by atoms with van der Waals surface area (Å²) in [5, 5.41) is 0. The first-order valence-electron chi connectivity index (χ1n) is 6.05. The summed E-state index contributed by atoms with van der Waals surface area (Å²) in [5.41, 5.74) is 7.65. The first kappa shape index (κ1) is 11.9. The molecule has 0 spiro atoms. The van der Waals surface area contributed by atoms with Crippen LogP contribution in [0.1, 0.15) is 13.8 Å². The number of anilines is 1. The molecule has 0 fully saturated rings. The summed E-state index contributed by atoms with van der Waals surface area (Å²) >= 11 is 0.